The molecule has 0 aliphatic carbocycles. The molecular weight excluding hydrogens is 383 g/mol. The number of nitrogens with zero attached hydrogens (tertiary/aromatic N) is 2. The smallest absolute Gasteiger partial charge is 0.288 e. The summed E-state index contributed by atoms with van der Waals surface area (Å²) in [4.78, 5) is 16.2. The molecule has 5 nitrogen and oxygen atoms in total. The third-order valence-electron chi connectivity index (χ3n) is 4.56. The van der Waals surface area contributed by atoms with Gasteiger partial charge < -0.3 is 0 Å². The quantitative estimate of drug-likeness (QED) is 0.728. The van der Waals surface area contributed by atoms with E-state index in [2.05, 4.69) is 0 Å². The number of benzene rings is 2. The van der Waals surface area contributed by atoms with E-state index in [4.69, 9.17) is 23.2 Å². The molecule has 8 heteroatoms. The molecule has 0 unspecified atom stereocenters. The lowest BCUT2D eigenvalue weighted by molar-refractivity contribution is 0.255. The Morgan fingerprint density at radius 3 is 2.04 bits per heavy atom. The predicted octanol–water partition coefficient (Wildman–Crippen LogP) is 3.61. The average molecular weight is 397 g/mol. The van der Waals surface area contributed by atoms with E-state index in [0.717, 1.165) is 0 Å². The van der Waals surface area contributed by atoms with Crippen molar-refractivity contribution in [3.05, 3.63) is 58.6 Å². The first-order valence-electron chi connectivity index (χ1n) is 7.70. The number of carbonyl (C=O) groups excluding carboxylic acids is 1. The molecule has 2 heterocycles. The number of rotatable bonds is 2. The van der Waals surface area contributed by atoms with Gasteiger partial charge in [0.15, 0.2) is 9.84 Å². The van der Waals surface area contributed by atoms with E-state index >= 15 is 0 Å². The SMILES string of the molecule is O=C1N(c2cccc(Cl)c2)[C@@H]2CS(=O)(=O)C[C@@H]2N1c1ccc(Cl)cc1. The molecule has 2 aromatic rings. The van der Waals surface area contributed by atoms with Crippen LogP contribution >= 0.6 is 23.2 Å². The van der Waals surface area contributed by atoms with Crippen LogP contribution in [0.4, 0.5) is 16.2 Å². The summed E-state index contributed by atoms with van der Waals surface area (Å²) >= 11 is 12.0. The second kappa shape index (κ2) is 5.90. The van der Waals surface area contributed by atoms with Gasteiger partial charge in [-0.25, -0.2) is 13.2 Å². The van der Waals surface area contributed by atoms with E-state index in [0.29, 0.717) is 21.4 Å². The largest absolute Gasteiger partial charge is 0.329 e. The molecule has 0 radical (unpaired) electrons. The Morgan fingerprint density at radius 2 is 1.44 bits per heavy atom. The highest BCUT2D eigenvalue weighted by molar-refractivity contribution is 7.91. The summed E-state index contributed by atoms with van der Waals surface area (Å²) in [6, 6.07) is 12.6. The van der Waals surface area contributed by atoms with Crippen LogP contribution < -0.4 is 9.80 Å². The highest BCUT2D eigenvalue weighted by atomic mass is 35.5. The van der Waals surface area contributed by atoms with Gasteiger partial charge in [-0.3, -0.25) is 9.80 Å². The molecule has 0 spiro atoms. The van der Waals surface area contributed by atoms with Crippen molar-refractivity contribution in [2.45, 2.75) is 12.1 Å². The van der Waals surface area contributed by atoms with Crippen molar-refractivity contribution in [3.63, 3.8) is 0 Å². The summed E-state index contributed by atoms with van der Waals surface area (Å²) in [5, 5.41) is 1.05. The number of hydrogen-bond donors (Lipinski definition) is 0. The van der Waals surface area contributed by atoms with E-state index in [1.807, 2.05) is 0 Å². The first-order valence-corrected chi connectivity index (χ1v) is 10.3. The second-order valence-corrected chi connectivity index (χ2v) is 9.22. The Kier molecular flexibility index (Phi) is 3.94. The predicted molar refractivity (Wildman–Crippen MR) is 99.5 cm³/mol. The Hall–Kier alpha value is -1.76. The van der Waals surface area contributed by atoms with Gasteiger partial charge in [0, 0.05) is 21.4 Å². The van der Waals surface area contributed by atoms with Crippen molar-refractivity contribution in [1.29, 1.82) is 0 Å². The molecular formula is C17H14Cl2N2O3S. The van der Waals surface area contributed by atoms with Crippen LogP contribution in [0.5, 0.6) is 0 Å². The van der Waals surface area contributed by atoms with Crippen LogP contribution in [0.3, 0.4) is 0 Å². The number of sulfone groups is 1. The summed E-state index contributed by atoms with van der Waals surface area (Å²) in [5.74, 6) is -0.108. The zero-order valence-electron chi connectivity index (χ0n) is 13.0. The minimum atomic E-state index is -3.22. The minimum absolute atomic E-state index is 0.0525. The van der Waals surface area contributed by atoms with Gasteiger partial charge in [0.05, 0.1) is 23.6 Å². The van der Waals surface area contributed by atoms with E-state index in [-0.39, 0.29) is 17.5 Å². The van der Waals surface area contributed by atoms with Crippen LogP contribution in [0.25, 0.3) is 0 Å². The first kappa shape index (κ1) is 16.7. The molecule has 0 aromatic heterocycles. The molecule has 2 aromatic carbocycles. The van der Waals surface area contributed by atoms with Gasteiger partial charge in [0.1, 0.15) is 0 Å². The standard InChI is InChI=1S/C17H14Cl2N2O3S/c18-11-4-6-13(7-5-11)20-15-9-25(23,24)10-16(15)21(17(20)22)14-3-1-2-12(19)8-14/h1-8,15-16H,9-10H2/t15-,16+/m0/s1. The summed E-state index contributed by atoms with van der Waals surface area (Å²) in [7, 11) is -3.22. The lowest BCUT2D eigenvalue weighted by atomic mass is 10.1. The van der Waals surface area contributed by atoms with Crippen LogP contribution in [0.15, 0.2) is 48.5 Å². The average Bonchev–Trinajstić information content (AvgIpc) is 2.97. The van der Waals surface area contributed by atoms with Gasteiger partial charge in [-0.1, -0.05) is 29.3 Å². The molecule has 2 aliphatic heterocycles. The van der Waals surface area contributed by atoms with E-state index in [1.165, 1.54) is 4.90 Å². The fourth-order valence-electron chi connectivity index (χ4n) is 3.54. The number of amides is 2. The fourth-order valence-corrected chi connectivity index (χ4v) is 5.76. The molecule has 2 fully saturated rings. The molecule has 2 atom stereocenters. The first-order chi connectivity index (χ1) is 11.9. The molecule has 2 amide bonds. The zero-order valence-corrected chi connectivity index (χ0v) is 15.3. The fraction of sp³-hybridized carbons (Fsp3) is 0.235. The third kappa shape index (κ3) is 2.88. The highest BCUT2D eigenvalue weighted by Crippen LogP contribution is 2.38. The summed E-state index contributed by atoms with van der Waals surface area (Å²) < 4.78 is 24.4. The topological polar surface area (TPSA) is 57.7 Å². The molecule has 2 saturated heterocycles. The van der Waals surface area contributed by atoms with Crippen LogP contribution in [-0.4, -0.2) is 38.0 Å². The molecule has 4 rings (SSSR count). The van der Waals surface area contributed by atoms with Crippen molar-refractivity contribution < 1.29 is 13.2 Å². The van der Waals surface area contributed by atoms with Crippen LogP contribution in [-0.2, 0) is 9.84 Å². The van der Waals surface area contributed by atoms with Crippen molar-refractivity contribution in [2.24, 2.45) is 0 Å². The molecule has 25 heavy (non-hydrogen) atoms. The van der Waals surface area contributed by atoms with Crippen LogP contribution in [0, 0.1) is 0 Å². The number of carbonyl (C=O) groups is 1. The van der Waals surface area contributed by atoms with Crippen molar-refractivity contribution >= 4 is 50.4 Å². The monoisotopic (exact) mass is 396 g/mol. The van der Waals surface area contributed by atoms with Gasteiger partial charge >= 0.3 is 6.03 Å². The Labute approximate surface area is 155 Å². The number of hydrogen-bond acceptors (Lipinski definition) is 3. The van der Waals surface area contributed by atoms with E-state index in [1.54, 1.807) is 53.4 Å². The van der Waals surface area contributed by atoms with Crippen molar-refractivity contribution in [3.8, 4) is 0 Å². The van der Waals surface area contributed by atoms with E-state index < -0.39 is 21.9 Å². The molecule has 0 N–H and O–H groups in total. The Balaban J connectivity index is 1.81. The van der Waals surface area contributed by atoms with Gasteiger partial charge in [-0.05, 0) is 42.5 Å². The summed E-state index contributed by atoms with van der Waals surface area (Å²) in [5.41, 5.74) is 1.23. The molecule has 130 valence electrons. The maximum atomic E-state index is 13.1. The number of urea groups is 1. The van der Waals surface area contributed by atoms with Crippen molar-refractivity contribution in [1.82, 2.24) is 0 Å². The maximum Gasteiger partial charge on any atom is 0.329 e. The Bertz CT molecular complexity index is 947. The molecule has 0 saturated carbocycles. The van der Waals surface area contributed by atoms with Crippen LogP contribution in [0.1, 0.15) is 0 Å². The normalized spacial score (nSPS) is 24.6. The van der Waals surface area contributed by atoms with Gasteiger partial charge in [0.2, 0.25) is 0 Å². The van der Waals surface area contributed by atoms with Gasteiger partial charge in [-0.15, -0.1) is 0 Å². The second-order valence-electron chi connectivity index (χ2n) is 6.19. The number of anilines is 2. The summed E-state index contributed by atoms with van der Waals surface area (Å²) in [6.45, 7) is 0. The Morgan fingerprint density at radius 1 is 0.840 bits per heavy atom. The molecule has 0 bridgehead atoms. The summed E-state index contributed by atoms with van der Waals surface area (Å²) in [6.07, 6.45) is 0. The third-order valence-corrected chi connectivity index (χ3v) is 6.75. The van der Waals surface area contributed by atoms with Crippen LogP contribution in [0.2, 0.25) is 10.0 Å². The lowest BCUT2D eigenvalue weighted by Crippen LogP contribution is -2.37. The zero-order chi connectivity index (χ0) is 17.8. The van der Waals surface area contributed by atoms with E-state index in [9.17, 15) is 13.2 Å². The van der Waals surface area contributed by atoms with Gasteiger partial charge in [-0.2, -0.15) is 0 Å². The number of halogens is 2. The number of fused-ring (bicyclic) bond motifs is 1. The van der Waals surface area contributed by atoms with Crippen molar-refractivity contribution in [2.75, 3.05) is 21.3 Å². The highest BCUT2D eigenvalue weighted by Gasteiger charge is 2.54. The minimum Gasteiger partial charge on any atom is -0.288 e. The lowest BCUT2D eigenvalue weighted by Gasteiger charge is -2.22. The maximum absolute atomic E-state index is 13.1. The van der Waals surface area contributed by atoms with Gasteiger partial charge in [0.25, 0.3) is 0 Å². The molecule has 2 aliphatic rings.